The number of carbonyl (C=O) groups excluding carboxylic acids is 1. The number of benzene rings is 1. The van der Waals surface area contributed by atoms with Gasteiger partial charge in [0.25, 0.3) is 0 Å². The third kappa shape index (κ3) is 4.82. The largest absolute Gasteiger partial charge is 0.497 e. The quantitative estimate of drug-likeness (QED) is 0.598. The van der Waals surface area contributed by atoms with Crippen LogP contribution in [0.1, 0.15) is 17.7 Å². The number of hydrogen-bond acceptors (Lipinski definition) is 8. The Bertz CT molecular complexity index is 861. The summed E-state index contributed by atoms with van der Waals surface area (Å²) in [5.41, 5.74) is 1.05. The number of nitrogens with one attached hydrogen (secondary N) is 1. The van der Waals surface area contributed by atoms with Crippen LogP contribution in [0.5, 0.6) is 5.75 Å². The van der Waals surface area contributed by atoms with Crippen molar-refractivity contribution in [1.29, 1.82) is 0 Å². The highest BCUT2D eigenvalue weighted by Crippen LogP contribution is 2.18. The smallest absolute Gasteiger partial charge is 0.226 e. The lowest BCUT2D eigenvalue weighted by Crippen LogP contribution is -2.12. The van der Waals surface area contributed by atoms with E-state index < -0.39 is 0 Å². The Morgan fingerprint density at radius 2 is 2.15 bits per heavy atom. The number of ether oxygens (including phenoxy) is 1. The molecule has 0 unspecified atom stereocenters. The van der Waals surface area contributed by atoms with Crippen molar-refractivity contribution >= 4 is 23.5 Å². The monoisotopic (exact) mass is 374 g/mol. The molecule has 0 radical (unpaired) electrons. The summed E-state index contributed by atoms with van der Waals surface area (Å²) in [7, 11) is 1.63. The summed E-state index contributed by atoms with van der Waals surface area (Å²) in [6.45, 7) is 2.31. The van der Waals surface area contributed by atoms with Gasteiger partial charge in [-0.2, -0.15) is 0 Å². The summed E-state index contributed by atoms with van der Waals surface area (Å²) in [6.07, 6.45) is 0.311. The van der Waals surface area contributed by atoms with Crippen LogP contribution in [0.15, 0.2) is 40.0 Å². The molecule has 0 aliphatic carbocycles. The minimum atomic E-state index is -0.139. The van der Waals surface area contributed by atoms with E-state index in [1.807, 2.05) is 24.3 Å². The second-order valence-electron chi connectivity index (χ2n) is 5.44. The topological polar surface area (TPSA) is 108 Å². The minimum absolute atomic E-state index is 0.139. The van der Waals surface area contributed by atoms with E-state index in [0.717, 1.165) is 11.3 Å². The molecule has 0 atom stereocenters. The summed E-state index contributed by atoms with van der Waals surface area (Å²) in [5.74, 6) is 2.27. The highest BCUT2D eigenvalue weighted by molar-refractivity contribution is 7.99. The highest BCUT2D eigenvalue weighted by atomic mass is 32.2. The van der Waals surface area contributed by atoms with Crippen LogP contribution in [0.4, 0.5) is 5.82 Å². The van der Waals surface area contributed by atoms with Gasteiger partial charge in [-0.3, -0.25) is 4.79 Å². The third-order valence-electron chi connectivity index (χ3n) is 3.45. The molecule has 26 heavy (non-hydrogen) atoms. The number of rotatable bonds is 8. The molecular weight excluding hydrogens is 356 g/mol. The van der Waals surface area contributed by atoms with Crippen molar-refractivity contribution in [3.05, 3.63) is 41.7 Å². The highest BCUT2D eigenvalue weighted by Gasteiger charge is 2.10. The Kier molecular flexibility index (Phi) is 5.84. The molecule has 9 nitrogen and oxygen atoms in total. The van der Waals surface area contributed by atoms with Crippen LogP contribution in [-0.4, -0.2) is 44.1 Å². The number of aryl methyl sites for hydroxylation is 1. The molecule has 2 heterocycles. The Labute approximate surface area is 154 Å². The second kappa shape index (κ2) is 8.48. The van der Waals surface area contributed by atoms with Crippen molar-refractivity contribution in [2.45, 2.75) is 25.0 Å². The Hall–Kier alpha value is -2.88. The van der Waals surface area contributed by atoms with Crippen molar-refractivity contribution in [1.82, 2.24) is 25.4 Å². The van der Waals surface area contributed by atoms with Gasteiger partial charge in [0.2, 0.25) is 11.1 Å². The fraction of sp³-hybridized carbons (Fsp3) is 0.312. The molecule has 0 saturated heterocycles. The number of aromatic nitrogens is 5. The summed E-state index contributed by atoms with van der Waals surface area (Å²) < 4.78 is 11.8. The number of hydrogen-bond donors (Lipinski definition) is 1. The maximum absolute atomic E-state index is 11.9. The summed E-state index contributed by atoms with van der Waals surface area (Å²) >= 11 is 1.42. The van der Waals surface area contributed by atoms with Crippen molar-refractivity contribution in [3.63, 3.8) is 0 Å². The molecule has 2 aromatic heterocycles. The molecule has 0 aliphatic rings. The summed E-state index contributed by atoms with van der Waals surface area (Å²) in [6, 6.07) is 9.37. The zero-order valence-electron chi connectivity index (χ0n) is 14.4. The maximum Gasteiger partial charge on any atom is 0.226 e. The normalized spacial score (nSPS) is 10.7. The van der Waals surface area contributed by atoms with E-state index in [4.69, 9.17) is 9.26 Å². The van der Waals surface area contributed by atoms with Crippen molar-refractivity contribution in [2.24, 2.45) is 0 Å². The summed E-state index contributed by atoms with van der Waals surface area (Å²) in [4.78, 5) is 11.9. The standard InChI is InChI=1S/C16H18N6O3S/c1-11-9-14(19-25-11)17-15(23)7-8-26-16-18-20-21-22(16)10-12-3-5-13(24-2)6-4-12/h3-6,9H,7-8,10H2,1-2H3,(H,17,19,23). The number of nitrogens with zero attached hydrogens (tertiary/aromatic N) is 5. The first-order valence-electron chi connectivity index (χ1n) is 7.89. The molecule has 0 spiro atoms. The van der Waals surface area contributed by atoms with Gasteiger partial charge in [-0.1, -0.05) is 29.1 Å². The average Bonchev–Trinajstić information content (AvgIpc) is 3.24. The number of carbonyl (C=O) groups is 1. The SMILES string of the molecule is COc1ccc(Cn2nnnc2SCCC(=O)Nc2cc(C)on2)cc1. The number of anilines is 1. The van der Waals surface area contributed by atoms with E-state index in [2.05, 4.69) is 26.0 Å². The van der Waals surface area contributed by atoms with E-state index in [0.29, 0.717) is 35.5 Å². The van der Waals surface area contributed by atoms with Crippen molar-refractivity contribution in [2.75, 3.05) is 18.2 Å². The van der Waals surface area contributed by atoms with Crippen molar-refractivity contribution < 1.29 is 14.1 Å². The zero-order chi connectivity index (χ0) is 18.4. The fourth-order valence-electron chi connectivity index (χ4n) is 2.17. The molecule has 10 heteroatoms. The molecule has 136 valence electrons. The number of thioether (sulfide) groups is 1. The van der Waals surface area contributed by atoms with Crippen LogP contribution in [0, 0.1) is 6.92 Å². The zero-order valence-corrected chi connectivity index (χ0v) is 15.2. The van der Waals surface area contributed by atoms with Crippen LogP contribution >= 0.6 is 11.8 Å². The molecule has 1 N–H and O–H groups in total. The van der Waals surface area contributed by atoms with Gasteiger partial charge in [-0.15, -0.1) is 5.10 Å². The lowest BCUT2D eigenvalue weighted by Gasteiger charge is -2.06. The van der Waals surface area contributed by atoms with E-state index in [9.17, 15) is 4.79 Å². The van der Waals surface area contributed by atoms with Gasteiger partial charge in [-0.25, -0.2) is 4.68 Å². The first-order valence-corrected chi connectivity index (χ1v) is 8.87. The van der Waals surface area contributed by atoms with Gasteiger partial charge >= 0.3 is 0 Å². The van der Waals surface area contributed by atoms with Crippen LogP contribution in [-0.2, 0) is 11.3 Å². The molecule has 3 aromatic rings. The van der Waals surface area contributed by atoms with Gasteiger partial charge in [-0.05, 0) is 35.0 Å². The Balaban J connectivity index is 1.49. The average molecular weight is 374 g/mol. The summed E-state index contributed by atoms with van der Waals surface area (Å²) in [5, 5.41) is 18.8. The first kappa shape index (κ1) is 17.9. The van der Waals surface area contributed by atoms with Crippen LogP contribution in [0.3, 0.4) is 0 Å². The molecule has 0 fully saturated rings. The number of tetrazole rings is 1. The van der Waals surface area contributed by atoms with Crippen LogP contribution in [0.2, 0.25) is 0 Å². The molecule has 3 rings (SSSR count). The molecule has 0 aliphatic heterocycles. The Morgan fingerprint density at radius 1 is 1.35 bits per heavy atom. The van der Waals surface area contributed by atoms with Gasteiger partial charge in [0.1, 0.15) is 11.5 Å². The fourth-order valence-corrected chi connectivity index (χ4v) is 2.98. The molecule has 1 amide bonds. The third-order valence-corrected chi connectivity index (χ3v) is 4.41. The minimum Gasteiger partial charge on any atom is -0.497 e. The van der Waals surface area contributed by atoms with Crippen LogP contribution in [0.25, 0.3) is 0 Å². The van der Waals surface area contributed by atoms with Crippen LogP contribution < -0.4 is 10.1 Å². The first-order chi connectivity index (χ1) is 12.6. The van der Waals surface area contributed by atoms with Gasteiger partial charge in [0, 0.05) is 18.2 Å². The number of amides is 1. The lowest BCUT2D eigenvalue weighted by molar-refractivity contribution is -0.115. The second-order valence-corrected chi connectivity index (χ2v) is 6.50. The van der Waals surface area contributed by atoms with Crippen molar-refractivity contribution in [3.8, 4) is 5.75 Å². The molecule has 0 bridgehead atoms. The maximum atomic E-state index is 11.9. The predicted molar refractivity (Wildman–Crippen MR) is 95.1 cm³/mol. The predicted octanol–water partition coefficient (Wildman–Crippen LogP) is 2.15. The van der Waals surface area contributed by atoms with Gasteiger partial charge in [0.05, 0.1) is 13.7 Å². The van der Waals surface area contributed by atoms with Gasteiger partial charge < -0.3 is 14.6 Å². The molecule has 1 aromatic carbocycles. The van der Waals surface area contributed by atoms with Gasteiger partial charge in [0.15, 0.2) is 5.82 Å². The Morgan fingerprint density at radius 3 is 2.85 bits per heavy atom. The van der Waals surface area contributed by atoms with E-state index in [1.165, 1.54) is 11.8 Å². The van der Waals surface area contributed by atoms with E-state index in [1.54, 1.807) is 24.8 Å². The molecular formula is C16H18N6O3S. The molecule has 0 saturated carbocycles. The lowest BCUT2D eigenvalue weighted by atomic mass is 10.2. The van der Waals surface area contributed by atoms with E-state index >= 15 is 0 Å². The van der Waals surface area contributed by atoms with E-state index in [-0.39, 0.29) is 5.91 Å². The number of methoxy groups -OCH3 is 1.